The Kier molecular flexibility index (Phi) is 8.38. The van der Waals surface area contributed by atoms with E-state index in [9.17, 15) is 14.4 Å². The number of hydrogen-bond donors (Lipinski definition) is 2. The first kappa shape index (κ1) is 17.9. The maximum absolute atomic E-state index is 11.1. The van der Waals surface area contributed by atoms with Gasteiger partial charge in [0.05, 0.1) is 0 Å². The van der Waals surface area contributed by atoms with Gasteiger partial charge in [0.25, 0.3) is 0 Å². The second-order valence-corrected chi connectivity index (χ2v) is 5.08. The maximum atomic E-state index is 11.1. The third kappa shape index (κ3) is 8.58. The molecule has 0 saturated carbocycles. The molecule has 0 heterocycles. The first-order chi connectivity index (χ1) is 8.81. The Bertz CT molecular complexity index is 281. The van der Waals surface area contributed by atoms with E-state index in [1.807, 2.05) is 0 Å². The normalized spacial score (nSPS) is 11.4. The van der Waals surface area contributed by atoms with Crippen molar-refractivity contribution in [1.82, 2.24) is 5.48 Å². The highest BCUT2D eigenvalue weighted by Gasteiger charge is 2.31. The number of rotatable bonds is 11. The van der Waals surface area contributed by atoms with Crippen LogP contribution in [0.15, 0.2) is 0 Å². The van der Waals surface area contributed by atoms with Crippen LogP contribution >= 0.6 is 0 Å². The molecular formula is C13H23NO5. The van der Waals surface area contributed by atoms with Crippen LogP contribution < -0.4 is 5.48 Å². The predicted molar refractivity (Wildman–Crippen MR) is 69.3 cm³/mol. The predicted octanol–water partition coefficient (Wildman–Crippen LogP) is 1.83. The van der Waals surface area contributed by atoms with Gasteiger partial charge in [-0.05, 0) is 40.0 Å². The molecule has 0 aromatic carbocycles. The van der Waals surface area contributed by atoms with Crippen molar-refractivity contribution in [3.8, 4) is 0 Å². The monoisotopic (exact) mass is 273 g/mol. The third-order valence-electron chi connectivity index (χ3n) is 3.13. The van der Waals surface area contributed by atoms with Crippen LogP contribution in [0, 0.1) is 0 Å². The van der Waals surface area contributed by atoms with E-state index in [2.05, 4.69) is 10.5 Å². The molecule has 0 rings (SSSR count). The van der Waals surface area contributed by atoms with E-state index in [0.29, 0.717) is 38.5 Å². The zero-order valence-corrected chi connectivity index (χ0v) is 11.8. The molecule has 6 nitrogen and oxygen atoms in total. The van der Waals surface area contributed by atoms with Gasteiger partial charge in [-0.15, -0.1) is 4.99 Å². The van der Waals surface area contributed by atoms with Crippen LogP contribution in [0.25, 0.3) is 0 Å². The number of hydrogen-bond acceptors (Lipinski definition) is 6. The minimum Gasteiger partial charge on any atom is -0.300 e. The number of nitrogens with one attached hydrogen (secondary N) is 1. The van der Waals surface area contributed by atoms with E-state index < -0.39 is 5.54 Å². The third-order valence-corrected chi connectivity index (χ3v) is 3.13. The Morgan fingerprint density at radius 2 is 1.21 bits per heavy atom. The molecule has 19 heavy (non-hydrogen) atoms. The highest BCUT2D eigenvalue weighted by Crippen LogP contribution is 2.26. The van der Waals surface area contributed by atoms with E-state index in [-0.39, 0.29) is 17.3 Å². The van der Waals surface area contributed by atoms with Gasteiger partial charge in [-0.1, -0.05) is 0 Å². The van der Waals surface area contributed by atoms with Crippen molar-refractivity contribution in [2.75, 3.05) is 0 Å². The molecule has 2 N–H and O–H groups in total. The molecule has 0 aliphatic carbocycles. The lowest BCUT2D eigenvalue weighted by Crippen LogP contribution is -2.45. The number of ketones is 3. The molecule has 0 saturated heterocycles. The summed E-state index contributed by atoms with van der Waals surface area (Å²) in [6, 6.07) is 0. The highest BCUT2D eigenvalue weighted by molar-refractivity contribution is 5.77. The molecule has 0 unspecified atom stereocenters. The van der Waals surface area contributed by atoms with E-state index in [0.717, 1.165) is 0 Å². The van der Waals surface area contributed by atoms with Crippen LogP contribution in [0.3, 0.4) is 0 Å². The van der Waals surface area contributed by atoms with Gasteiger partial charge in [-0.2, -0.15) is 5.48 Å². The number of carbonyl (C=O) groups is 3. The quantitative estimate of drug-likeness (QED) is 0.440. The van der Waals surface area contributed by atoms with Crippen LogP contribution in [0.2, 0.25) is 0 Å². The lowest BCUT2D eigenvalue weighted by Gasteiger charge is -2.32. The van der Waals surface area contributed by atoms with Gasteiger partial charge in [0, 0.05) is 24.8 Å². The zero-order chi connectivity index (χ0) is 14.9. The molecule has 0 bridgehead atoms. The molecule has 0 aliphatic rings. The molecule has 6 heteroatoms. The number of hydroxylamine groups is 1. The lowest BCUT2D eigenvalue weighted by molar-refractivity contribution is -0.312. The van der Waals surface area contributed by atoms with Gasteiger partial charge < -0.3 is 14.4 Å². The minimum absolute atomic E-state index is 0.00904. The molecule has 0 aliphatic heterocycles. The molecule has 0 amide bonds. The Balaban J connectivity index is 4.79. The summed E-state index contributed by atoms with van der Waals surface area (Å²) in [7, 11) is 0. The largest absolute Gasteiger partial charge is 0.300 e. The van der Waals surface area contributed by atoms with Crippen molar-refractivity contribution in [3.63, 3.8) is 0 Å². The highest BCUT2D eigenvalue weighted by atomic mass is 17.2. The number of carbonyl (C=O) groups excluding carboxylic acids is 3. The second kappa shape index (κ2) is 8.90. The van der Waals surface area contributed by atoms with Gasteiger partial charge in [0.1, 0.15) is 17.3 Å². The van der Waals surface area contributed by atoms with E-state index >= 15 is 0 Å². The Morgan fingerprint density at radius 1 is 0.895 bits per heavy atom. The first-order valence-electron chi connectivity index (χ1n) is 6.37. The van der Waals surface area contributed by atoms with Gasteiger partial charge in [-0.25, -0.2) is 5.26 Å². The average Bonchev–Trinajstić information content (AvgIpc) is 2.31. The Hall–Kier alpha value is -1.11. The summed E-state index contributed by atoms with van der Waals surface area (Å²) in [4.78, 5) is 37.3. The SMILES string of the molecule is CC(=O)CCC(CCC(C)=O)(CCC(C)=O)NOO. The average molecular weight is 273 g/mol. The molecule has 0 fully saturated rings. The minimum atomic E-state index is -0.738. The summed E-state index contributed by atoms with van der Waals surface area (Å²) in [5.41, 5.74) is 1.72. The van der Waals surface area contributed by atoms with Crippen LogP contribution in [-0.2, 0) is 19.4 Å². The van der Waals surface area contributed by atoms with Crippen LogP contribution in [0.4, 0.5) is 0 Å². The Labute approximate surface area is 113 Å². The van der Waals surface area contributed by atoms with Gasteiger partial charge in [0.15, 0.2) is 0 Å². The fourth-order valence-corrected chi connectivity index (χ4v) is 1.87. The summed E-state index contributed by atoms with van der Waals surface area (Å²) in [5, 5.41) is 8.63. The zero-order valence-electron chi connectivity index (χ0n) is 11.8. The molecule has 0 spiro atoms. The molecular weight excluding hydrogens is 250 g/mol. The molecule has 0 aromatic rings. The maximum Gasteiger partial charge on any atom is 0.129 e. The number of Topliss-reactive ketones (excluding diaryl/α,β-unsaturated/α-hetero) is 3. The van der Waals surface area contributed by atoms with Crippen LogP contribution in [0.5, 0.6) is 0 Å². The van der Waals surface area contributed by atoms with Crippen molar-refractivity contribution >= 4 is 17.3 Å². The summed E-state index contributed by atoms with van der Waals surface area (Å²) >= 11 is 0. The lowest BCUT2D eigenvalue weighted by atomic mass is 9.83. The fraction of sp³-hybridized carbons (Fsp3) is 0.769. The second-order valence-electron chi connectivity index (χ2n) is 5.08. The van der Waals surface area contributed by atoms with Gasteiger partial charge >= 0.3 is 0 Å². The van der Waals surface area contributed by atoms with Crippen molar-refractivity contribution in [1.29, 1.82) is 0 Å². The summed E-state index contributed by atoms with van der Waals surface area (Å²) in [5.74, 6) is 0.0271. The molecule has 0 aromatic heterocycles. The first-order valence-corrected chi connectivity index (χ1v) is 6.37. The van der Waals surface area contributed by atoms with Crippen LogP contribution in [0.1, 0.15) is 59.3 Å². The van der Waals surface area contributed by atoms with E-state index in [1.54, 1.807) is 0 Å². The van der Waals surface area contributed by atoms with Gasteiger partial charge in [-0.3, -0.25) is 0 Å². The summed E-state index contributed by atoms with van der Waals surface area (Å²) < 4.78 is 0. The van der Waals surface area contributed by atoms with Crippen molar-refractivity contribution < 1.29 is 24.6 Å². The van der Waals surface area contributed by atoms with E-state index in [1.165, 1.54) is 20.8 Å². The van der Waals surface area contributed by atoms with Crippen molar-refractivity contribution in [2.24, 2.45) is 0 Å². The smallest absolute Gasteiger partial charge is 0.129 e. The van der Waals surface area contributed by atoms with Gasteiger partial charge in [0.2, 0.25) is 0 Å². The summed E-state index contributed by atoms with van der Waals surface area (Å²) in [6.07, 6.45) is 2.11. The summed E-state index contributed by atoms with van der Waals surface area (Å²) in [6.45, 7) is 4.42. The Morgan fingerprint density at radius 3 is 1.42 bits per heavy atom. The van der Waals surface area contributed by atoms with E-state index in [4.69, 9.17) is 5.26 Å². The molecule has 0 radical (unpaired) electrons. The fourth-order valence-electron chi connectivity index (χ4n) is 1.87. The van der Waals surface area contributed by atoms with Crippen molar-refractivity contribution in [2.45, 2.75) is 64.8 Å². The van der Waals surface area contributed by atoms with Crippen LogP contribution in [-0.4, -0.2) is 28.1 Å². The standard InChI is InChI=1S/C13H23NO5/c1-10(15)4-7-13(14-19-18,8-5-11(2)16)9-6-12(3)17/h14,18H,4-9H2,1-3H3. The molecule has 0 atom stereocenters. The van der Waals surface area contributed by atoms with Crippen molar-refractivity contribution in [3.05, 3.63) is 0 Å². The topological polar surface area (TPSA) is 92.7 Å². The molecule has 110 valence electrons.